The molecule has 0 unspecified atom stereocenters. The van der Waals surface area contributed by atoms with Crippen molar-refractivity contribution in [2.24, 2.45) is 11.5 Å². The highest BCUT2D eigenvalue weighted by Gasteiger charge is 1.82. The van der Waals surface area contributed by atoms with E-state index in [4.69, 9.17) is 22.3 Å². The van der Waals surface area contributed by atoms with E-state index in [-0.39, 0.29) is 35.9 Å². The van der Waals surface area contributed by atoms with Crippen LogP contribution in [-0.4, -0.2) is 11.9 Å². The quantitative estimate of drug-likeness (QED) is 0.134. The Kier molecular flexibility index (Phi) is 6.68. The average Bonchev–Trinajstić information content (AvgIpc) is 1.61. The van der Waals surface area contributed by atoms with Gasteiger partial charge in [-0.05, 0) is 0 Å². The summed E-state index contributed by atoms with van der Waals surface area (Å²) in [6, 6.07) is 0. The van der Waals surface area contributed by atoms with Crippen LogP contribution in [0.1, 0.15) is 0 Å². The zero-order valence-electron chi connectivity index (χ0n) is 4.56. The number of hydrogen-bond acceptors (Lipinski definition) is 2. The van der Waals surface area contributed by atoms with Gasteiger partial charge < -0.3 is 11.5 Å². The fourth-order valence-corrected chi connectivity index (χ4v) is 0.135. The number of guanidine groups is 2. The lowest BCUT2D eigenvalue weighted by Gasteiger charge is -2.02. The van der Waals surface area contributed by atoms with E-state index >= 15 is 0 Å². The maximum Gasteiger partial charge on any atom is 0.204 e. The van der Waals surface area contributed by atoms with E-state index in [1.165, 1.54) is 0 Å². The van der Waals surface area contributed by atoms with Crippen LogP contribution in [-0.2, 0) is 0 Å². The maximum absolute atomic E-state index is 6.54. The van der Waals surface area contributed by atoms with Crippen LogP contribution in [0.5, 0.6) is 0 Å². The highest BCUT2D eigenvalue weighted by molar-refractivity contribution is 14.0. The molecule has 7 heteroatoms. The van der Waals surface area contributed by atoms with Gasteiger partial charge in [-0.3, -0.25) is 21.7 Å². The Morgan fingerprint density at radius 2 is 1.22 bits per heavy atom. The Labute approximate surface area is 69.4 Å². The van der Waals surface area contributed by atoms with Gasteiger partial charge in [0.1, 0.15) is 0 Å². The molecule has 0 saturated heterocycles. The number of hydrogen-bond donors (Lipinski definition) is 6. The second-order valence-electron chi connectivity index (χ2n) is 1.08. The minimum Gasteiger partial charge on any atom is -0.369 e. The van der Waals surface area contributed by atoms with Crippen LogP contribution in [0.4, 0.5) is 0 Å². The van der Waals surface area contributed by atoms with E-state index in [1.54, 1.807) is 0 Å². The molecule has 0 fully saturated rings. The lowest BCUT2D eigenvalue weighted by molar-refractivity contribution is 0.833. The van der Waals surface area contributed by atoms with Gasteiger partial charge in [0.2, 0.25) is 11.9 Å². The summed E-state index contributed by atoms with van der Waals surface area (Å²) in [7, 11) is 0. The summed E-state index contributed by atoms with van der Waals surface area (Å²) in [5.41, 5.74) is 13.8. The summed E-state index contributed by atoms with van der Waals surface area (Å²) in [4.78, 5) is 0. The average molecular weight is 244 g/mol. The first kappa shape index (κ1) is 11.1. The lowest BCUT2D eigenvalue weighted by Crippen LogP contribution is -2.47. The molecule has 0 heterocycles. The number of nitrogens with one attached hydrogen (secondary N) is 4. The fraction of sp³-hybridized carbons (Fsp3) is 0. The van der Waals surface area contributed by atoms with Crippen LogP contribution in [0, 0.1) is 10.8 Å². The number of rotatable bonds is 0. The molecule has 0 radical (unpaired) electrons. The van der Waals surface area contributed by atoms with Crippen molar-refractivity contribution in [2.45, 2.75) is 0 Å². The van der Waals surface area contributed by atoms with Crippen LogP contribution in [0.2, 0.25) is 0 Å². The van der Waals surface area contributed by atoms with Crippen LogP contribution < -0.4 is 22.3 Å². The number of halogens is 1. The van der Waals surface area contributed by atoms with Crippen molar-refractivity contribution in [3.05, 3.63) is 0 Å². The molecule has 54 valence electrons. The monoisotopic (exact) mass is 244 g/mol. The zero-order chi connectivity index (χ0) is 6.57. The van der Waals surface area contributed by atoms with E-state index < -0.39 is 0 Å². The fourth-order valence-electron chi connectivity index (χ4n) is 0.135. The van der Waals surface area contributed by atoms with Gasteiger partial charge in [0.15, 0.2) is 0 Å². The molecule has 0 aromatic carbocycles. The van der Waals surface area contributed by atoms with Crippen LogP contribution in [0.25, 0.3) is 0 Å². The Morgan fingerprint density at radius 3 is 1.33 bits per heavy atom. The largest absolute Gasteiger partial charge is 0.369 e. The molecule has 0 aromatic rings. The second-order valence-corrected chi connectivity index (χ2v) is 1.08. The minimum absolute atomic E-state index is 0. The molecule has 0 rings (SSSR count). The topological polar surface area (TPSA) is 124 Å². The van der Waals surface area contributed by atoms with Gasteiger partial charge >= 0.3 is 0 Å². The van der Waals surface area contributed by atoms with Gasteiger partial charge in [0.05, 0.1) is 0 Å². The molecule has 0 saturated carbocycles. The first-order chi connectivity index (χ1) is 3.63. The summed E-state index contributed by atoms with van der Waals surface area (Å²) < 4.78 is 0. The van der Waals surface area contributed by atoms with Gasteiger partial charge in [0, 0.05) is 0 Å². The van der Waals surface area contributed by atoms with E-state index in [0.29, 0.717) is 0 Å². The molecule has 0 aliphatic carbocycles. The number of hydrazine groups is 1. The smallest absolute Gasteiger partial charge is 0.204 e. The maximum atomic E-state index is 6.54. The zero-order valence-corrected chi connectivity index (χ0v) is 6.89. The molecular weight excluding hydrogens is 235 g/mol. The van der Waals surface area contributed by atoms with E-state index in [9.17, 15) is 0 Å². The van der Waals surface area contributed by atoms with Crippen molar-refractivity contribution in [3.8, 4) is 0 Å². The Hall–Kier alpha value is -0.730. The summed E-state index contributed by atoms with van der Waals surface area (Å²) in [6.07, 6.45) is 0. The van der Waals surface area contributed by atoms with Crippen LogP contribution in [0.3, 0.4) is 0 Å². The summed E-state index contributed by atoms with van der Waals surface area (Å²) in [5.74, 6) is -0.555. The first-order valence-corrected chi connectivity index (χ1v) is 1.83. The number of nitrogens with two attached hydrogens (primary N) is 2. The van der Waals surface area contributed by atoms with Crippen molar-refractivity contribution in [1.29, 1.82) is 10.8 Å². The van der Waals surface area contributed by atoms with Gasteiger partial charge in [-0.2, -0.15) is 0 Å². The van der Waals surface area contributed by atoms with Crippen LogP contribution >= 0.6 is 24.0 Å². The molecule has 9 heavy (non-hydrogen) atoms. The third-order valence-electron chi connectivity index (χ3n) is 0.332. The van der Waals surface area contributed by atoms with Crippen molar-refractivity contribution >= 4 is 35.9 Å². The standard InChI is InChI=1S/C2H8N6.HI/c3-1(4)7-8-2(5)6;/h(H4,3,4,7)(H4,5,6,8);1H. The molecule has 0 aliphatic rings. The molecule has 0 spiro atoms. The van der Waals surface area contributed by atoms with Crippen molar-refractivity contribution in [3.63, 3.8) is 0 Å². The predicted molar refractivity (Wildman–Crippen MR) is 45.5 cm³/mol. The highest BCUT2D eigenvalue weighted by atomic mass is 127. The van der Waals surface area contributed by atoms with E-state index in [2.05, 4.69) is 10.9 Å². The Balaban J connectivity index is 0. The Morgan fingerprint density at radius 1 is 1.00 bits per heavy atom. The van der Waals surface area contributed by atoms with Gasteiger partial charge in [-0.15, -0.1) is 24.0 Å². The minimum atomic E-state index is -0.278. The first-order valence-electron chi connectivity index (χ1n) is 1.83. The third kappa shape index (κ3) is 11.1. The lowest BCUT2D eigenvalue weighted by atomic mass is 11.0. The van der Waals surface area contributed by atoms with Crippen molar-refractivity contribution < 1.29 is 0 Å². The molecule has 0 bridgehead atoms. The summed E-state index contributed by atoms with van der Waals surface area (Å²) in [5, 5.41) is 13.1. The van der Waals surface area contributed by atoms with Gasteiger partial charge in [-0.1, -0.05) is 0 Å². The third-order valence-corrected chi connectivity index (χ3v) is 0.332. The normalized spacial score (nSPS) is 6.67. The molecule has 8 N–H and O–H groups in total. The molecular formula is C2H9IN6. The molecule has 0 atom stereocenters. The van der Waals surface area contributed by atoms with Crippen molar-refractivity contribution in [1.82, 2.24) is 10.9 Å². The molecule has 0 aromatic heterocycles. The van der Waals surface area contributed by atoms with Crippen LogP contribution in [0.15, 0.2) is 0 Å². The molecule has 0 aliphatic heterocycles. The van der Waals surface area contributed by atoms with Crippen molar-refractivity contribution in [2.75, 3.05) is 0 Å². The molecule has 0 amide bonds. The van der Waals surface area contributed by atoms with Gasteiger partial charge in [0.25, 0.3) is 0 Å². The summed E-state index contributed by atoms with van der Waals surface area (Å²) in [6.45, 7) is 0. The molecule has 6 nitrogen and oxygen atoms in total. The highest BCUT2D eigenvalue weighted by Crippen LogP contribution is 1.41. The van der Waals surface area contributed by atoms with E-state index in [0.717, 1.165) is 0 Å². The van der Waals surface area contributed by atoms with Gasteiger partial charge in [-0.25, -0.2) is 0 Å². The predicted octanol–water partition coefficient (Wildman–Crippen LogP) is -1.51. The summed E-state index contributed by atoms with van der Waals surface area (Å²) >= 11 is 0. The second kappa shape index (κ2) is 5.41. The SMILES string of the molecule is I.N=C(N)NNC(=N)N. The van der Waals surface area contributed by atoms with E-state index in [1.807, 2.05) is 0 Å². The Bertz CT molecular complexity index is 95.6.